The van der Waals surface area contributed by atoms with Crippen LogP contribution >= 0.6 is 0 Å². The minimum absolute atomic E-state index is 1.07. The number of nitrogens with zero attached hydrogens (tertiary/aromatic N) is 2. The maximum Gasteiger partial charge on any atom is 0.0645 e. The molecule has 0 aliphatic heterocycles. The van der Waals surface area contributed by atoms with Crippen molar-refractivity contribution < 1.29 is 0 Å². The fraction of sp³-hybridized carbons (Fsp3) is 0. The second-order valence-corrected chi connectivity index (χ2v) is 9.36. The number of aromatic nitrogens is 3. The summed E-state index contributed by atoms with van der Waals surface area (Å²) < 4.78 is 2.35. The summed E-state index contributed by atoms with van der Waals surface area (Å²) in [5.74, 6) is 0. The molecule has 1 N–H and O–H groups in total. The molecule has 0 saturated carbocycles. The molecule has 0 aliphatic carbocycles. The molecule has 3 heterocycles. The summed E-state index contributed by atoms with van der Waals surface area (Å²) in [6, 6.07) is 39.3. The van der Waals surface area contributed by atoms with Crippen molar-refractivity contribution in [2.45, 2.75) is 0 Å². The molecule has 0 amide bonds. The third-order valence-electron chi connectivity index (χ3n) is 7.40. The van der Waals surface area contributed by atoms with E-state index < -0.39 is 0 Å². The molecule has 36 heavy (non-hydrogen) atoms. The Labute approximate surface area is 207 Å². The van der Waals surface area contributed by atoms with Crippen LogP contribution in [0.4, 0.5) is 0 Å². The van der Waals surface area contributed by atoms with Crippen LogP contribution in [0.2, 0.25) is 0 Å². The predicted octanol–water partition coefficient (Wildman–Crippen LogP) is 8.63. The quantitative estimate of drug-likeness (QED) is 0.276. The first kappa shape index (κ1) is 19.4. The number of hydrogen-bond acceptors (Lipinski definition) is 1. The third-order valence-corrected chi connectivity index (χ3v) is 7.40. The van der Waals surface area contributed by atoms with Gasteiger partial charge in [-0.2, -0.15) is 0 Å². The molecule has 168 valence electrons. The summed E-state index contributed by atoms with van der Waals surface area (Å²) in [7, 11) is 0. The Morgan fingerprint density at radius 1 is 0.556 bits per heavy atom. The van der Waals surface area contributed by atoms with Gasteiger partial charge in [-0.3, -0.25) is 4.98 Å². The summed E-state index contributed by atoms with van der Waals surface area (Å²) in [6.45, 7) is 0. The van der Waals surface area contributed by atoms with E-state index in [-0.39, 0.29) is 0 Å². The van der Waals surface area contributed by atoms with Crippen molar-refractivity contribution in [1.29, 1.82) is 0 Å². The van der Waals surface area contributed by atoms with E-state index in [9.17, 15) is 0 Å². The fourth-order valence-electron chi connectivity index (χ4n) is 5.85. The lowest BCUT2D eigenvalue weighted by atomic mass is 9.94. The zero-order valence-corrected chi connectivity index (χ0v) is 19.4. The molecule has 8 aromatic rings. The Hall–Kier alpha value is -4.89. The van der Waals surface area contributed by atoms with Gasteiger partial charge in [0.25, 0.3) is 0 Å². The second-order valence-electron chi connectivity index (χ2n) is 9.36. The van der Waals surface area contributed by atoms with Gasteiger partial charge in [0.15, 0.2) is 0 Å². The Kier molecular flexibility index (Phi) is 3.94. The SMILES string of the molecule is c1cncc(-n2c3ccccc3c3c4ccccc4c(-c4ccc5[nH]c6ccccc6c5c4)cc32)c1. The highest BCUT2D eigenvalue weighted by Crippen LogP contribution is 2.42. The molecule has 0 fully saturated rings. The summed E-state index contributed by atoms with van der Waals surface area (Å²) in [5, 5.41) is 7.57. The first-order valence-corrected chi connectivity index (χ1v) is 12.2. The number of hydrogen-bond donors (Lipinski definition) is 1. The van der Waals surface area contributed by atoms with E-state index >= 15 is 0 Å². The van der Waals surface area contributed by atoms with Crippen molar-refractivity contribution in [1.82, 2.24) is 14.5 Å². The van der Waals surface area contributed by atoms with Gasteiger partial charge in [-0.15, -0.1) is 0 Å². The molecule has 0 atom stereocenters. The summed E-state index contributed by atoms with van der Waals surface area (Å²) in [6.07, 6.45) is 3.77. The monoisotopic (exact) mass is 459 g/mol. The highest BCUT2D eigenvalue weighted by molar-refractivity contribution is 6.24. The van der Waals surface area contributed by atoms with Crippen LogP contribution in [-0.2, 0) is 0 Å². The minimum Gasteiger partial charge on any atom is -0.355 e. The van der Waals surface area contributed by atoms with Crippen LogP contribution in [0.15, 0.2) is 122 Å². The molecule has 0 unspecified atom stereocenters. The third kappa shape index (κ3) is 2.65. The summed E-state index contributed by atoms with van der Waals surface area (Å²) in [4.78, 5) is 7.99. The van der Waals surface area contributed by atoms with E-state index in [0.717, 1.165) is 11.2 Å². The Morgan fingerprint density at radius 2 is 1.31 bits per heavy atom. The summed E-state index contributed by atoms with van der Waals surface area (Å²) >= 11 is 0. The van der Waals surface area contributed by atoms with Crippen LogP contribution in [-0.4, -0.2) is 14.5 Å². The van der Waals surface area contributed by atoms with E-state index in [1.807, 2.05) is 18.5 Å². The van der Waals surface area contributed by atoms with Crippen LogP contribution < -0.4 is 0 Å². The smallest absolute Gasteiger partial charge is 0.0645 e. The second kappa shape index (κ2) is 7.30. The highest BCUT2D eigenvalue weighted by Gasteiger charge is 2.18. The van der Waals surface area contributed by atoms with Gasteiger partial charge in [0, 0.05) is 38.8 Å². The number of nitrogens with one attached hydrogen (secondary N) is 1. The van der Waals surface area contributed by atoms with Crippen LogP contribution in [0, 0.1) is 0 Å². The Morgan fingerprint density at radius 3 is 2.17 bits per heavy atom. The molecule has 5 aromatic carbocycles. The fourth-order valence-corrected chi connectivity index (χ4v) is 5.85. The Bertz CT molecular complexity index is 2100. The van der Waals surface area contributed by atoms with Crippen LogP contribution in [0.5, 0.6) is 0 Å². The average molecular weight is 460 g/mol. The minimum atomic E-state index is 1.07. The van der Waals surface area contributed by atoms with E-state index in [2.05, 4.69) is 118 Å². The standard InChI is InChI=1S/C33H21N3/c1-2-11-25-23(9-1)27(21-15-16-30-28(18-21)24-10-3-5-13-29(24)35-30)19-32-33(25)26-12-4-6-14-31(26)36(32)22-8-7-17-34-20-22/h1-20,35H. The van der Waals surface area contributed by atoms with Gasteiger partial charge in [-0.25, -0.2) is 0 Å². The van der Waals surface area contributed by atoms with Gasteiger partial charge in [-0.05, 0) is 64.4 Å². The molecule has 0 spiro atoms. The topological polar surface area (TPSA) is 33.6 Å². The number of rotatable bonds is 2. The van der Waals surface area contributed by atoms with Gasteiger partial charge >= 0.3 is 0 Å². The summed E-state index contributed by atoms with van der Waals surface area (Å²) in [5.41, 5.74) is 8.23. The first-order chi connectivity index (χ1) is 17.9. The number of H-pyrrole nitrogens is 1. The largest absolute Gasteiger partial charge is 0.355 e. The van der Waals surface area contributed by atoms with E-state index in [1.165, 1.54) is 60.0 Å². The van der Waals surface area contributed by atoms with Crippen molar-refractivity contribution in [2.75, 3.05) is 0 Å². The molecule has 0 saturated heterocycles. The van der Waals surface area contributed by atoms with Crippen LogP contribution in [0.1, 0.15) is 0 Å². The molecule has 0 radical (unpaired) electrons. The average Bonchev–Trinajstić information content (AvgIpc) is 3.48. The highest BCUT2D eigenvalue weighted by atomic mass is 15.0. The number of fused-ring (bicyclic) bond motifs is 8. The lowest BCUT2D eigenvalue weighted by Gasteiger charge is -2.12. The molecule has 0 aliphatic rings. The zero-order chi connectivity index (χ0) is 23.6. The van der Waals surface area contributed by atoms with E-state index in [0.29, 0.717) is 0 Å². The number of benzene rings is 5. The predicted molar refractivity (Wildman–Crippen MR) is 151 cm³/mol. The van der Waals surface area contributed by atoms with Gasteiger partial charge in [0.1, 0.15) is 0 Å². The van der Waals surface area contributed by atoms with Crippen molar-refractivity contribution in [3.8, 4) is 16.8 Å². The van der Waals surface area contributed by atoms with Crippen LogP contribution in [0.3, 0.4) is 0 Å². The van der Waals surface area contributed by atoms with Crippen molar-refractivity contribution >= 4 is 54.4 Å². The molecule has 0 bridgehead atoms. The van der Waals surface area contributed by atoms with Gasteiger partial charge in [-0.1, -0.05) is 66.7 Å². The van der Waals surface area contributed by atoms with Crippen molar-refractivity contribution in [3.05, 3.63) is 122 Å². The molecule has 8 rings (SSSR count). The number of pyridine rings is 1. The molecule has 3 heteroatoms. The van der Waals surface area contributed by atoms with Gasteiger partial charge in [0.05, 0.1) is 22.9 Å². The molecule has 3 nitrogen and oxygen atoms in total. The van der Waals surface area contributed by atoms with Crippen molar-refractivity contribution in [3.63, 3.8) is 0 Å². The molecular formula is C33H21N3. The molecule has 3 aromatic heterocycles. The Balaban J connectivity index is 1.53. The van der Waals surface area contributed by atoms with Gasteiger partial charge < -0.3 is 9.55 Å². The van der Waals surface area contributed by atoms with Crippen molar-refractivity contribution in [2.24, 2.45) is 0 Å². The van der Waals surface area contributed by atoms with Crippen LogP contribution in [0.25, 0.3) is 71.2 Å². The maximum atomic E-state index is 4.43. The number of para-hydroxylation sites is 2. The molecular weight excluding hydrogens is 438 g/mol. The van der Waals surface area contributed by atoms with E-state index in [4.69, 9.17) is 0 Å². The zero-order valence-electron chi connectivity index (χ0n) is 19.4. The first-order valence-electron chi connectivity index (χ1n) is 12.2. The lowest BCUT2D eigenvalue weighted by Crippen LogP contribution is -1.94. The van der Waals surface area contributed by atoms with Gasteiger partial charge in [0.2, 0.25) is 0 Å². The number of aromatic amines is 1. The maximum absolute atomic E-state index is 4.43. The lowest BCUT2D eigenvalue weighted by molar-refractivity contribution is 1.14. The van der Waals surface area contributed by atoms with E-state index in [1.54, 1.807) is 0 Å². The normalized spacial score (nSPS) is 11.9.